The fraction of sp³-hybridized carbons (Fsp3) is 0.182. The lowest BCUT2D eigenvalue weighted by molar-refractivity contribution is -0.137. The van der Waals surface area contributed by atoms with E-state index in [2.05, 4.69) is 0 Å². The minimum absolute atomic E-state index is 0.0393. The average Bonchev–Trinajstić information content (AvgIpc) is 2.70. The standard InChI is InChI=1S/C22H15ClF5NS/c23-19-12-16(24)11-18(21(19)25)14-7-6-13-3-2-8-29(20(13)9-14)30-17-5-1-4-15(10-17)22(26,27)28/h1,4-7,9-12H,2-3,8H2. The molecule has 0 saturated heterocycles. The van der Waals surface area contributed by atoms with Crippen LogP contribution in [0.15, 0.2) is 59.5 Å². The number of aryl methyl sites for hydroxylation is 1. The Kier molecular flexibility index (Phi) is 5.68. The van der Waals surface area contributed by atoms with Crippen LogP contribution < -0.4 is 4.31 Å². The zero-order valence-corrected chi connectivity index (χ0v) is 17.0. The summed E-state index contributed by atoms with van der Waals surface area (Å²) in [6, 6.07) is 12.4. The van der Waals surface area contributed by atoms with Crippen molar-refractivity contribution in [3.8, 4) is 11.1 Å². The molecule has 0 saturated carbocycles. The fourth-order valence-corrected chi connectivity index (χ4v) is 4.69. The van der Waals surface area contributed by atoms with E-state index in [0.717, 1.165) is 48.4 Å². The molecule has 0 amide bonds. The predicted octanol–water partition coefficient (Wildman–Crippen LogP) is 7.76. The van der Waals surface area contributed by atoms with Crippen LogP contribution in [0.4, 0.5) is 27.6 Å². The highest BCUT2D eigenvalue weighted by atomic mass is 35.5. The van der Waals surface area contributed by atoms with Crippen molar-refractivity contribution < 1.29 is 22.0 Å². The number of alkyl halides is 3. The number of anilines is 1. The van der Waals surface area contributed by atoms with Gasteiger partial charge in [-0.05, 0) is 72.3 Å². The molecule has 0 bridgehead atoms. The van der Waals surface area contributed by atoms with Crippen molar-refractivity contribution in [1.29, 1.82) is 0 Å². The maximum Gasteiger partial charge on any atom is 0.416 e. The van der Waals surface area contributed by atoms with Crippen molar-refractivity contribution in [3.63, 3.8) is 0 Å². The van der Waals surface area contributed by atoms with E-state index in [1.807, 2.05) is 10.4 Å². The van der Waals surface area contributed by atoms with Gasteiger partial charge in [0, 0.05) is 17.0 Å². The van der Waals surface area contributed by atoms with E-state index >= 15 is 0 Å². The Hall–Kier alpha value is -2.25. The second-order valence-electron chi connectivity index (χ2n) is 6.92. The number of hydrogen-bond donors (Lipinski definition) is 0. The molecular weight excluding hydrogens is 441 g/mol. The summed E-state index contributed by atoms with van der Waals surface area (Å²) < 4.78 is 69.2. The van der Waals surface area contributed by atoms with Gasteiger partial charge in [-0.1, -0.05) is 29.8 Å². The second kappa shape index (κ2) is 8.12. The Bertz CT molecular complexity index is 1100. The van der Waals surface area contributed by atoms with Gasteiger partial charge in [0.05, 0.1) is 16.3 Å². The molecule has 8 heteroatoms. The van der Waals surface area contributed by atoms with Gasteiger partial charge >= 0.3 is 6.18 Å². The van der Waals surface area contributed by atoms with E-state index in [1.165, 1.54) is 18.0 Å². The summed E-state index contributed by atoms with van der Waals surface area (Å²) in [5, 5.41) is -0.307. The van der Waals surface area contributed by atoms with E-state index in [9.17, 15) is 22.0 Å². The molecule has 3 aromatic carbocycles. The summed E-state index contributed by atoms with van der Waals surface area (Å²) in [5.41, 5.74) is 1.53. The number of rotatable bonds is 3. The molecule has 156 valence electrons. The summed E-state index contributed by atoms with van der Waals surface area (Å²) in [6.45, 7) is 0.615. The molecule has 0 radical (unpaired) electrons. The first-order valence-electron chi connectivity index (χ1n) is 9.13. The van der Waals surface area contributed by atoms with Gasteiger partial charge in [0.15, 0.2) is 0 Å². The molecule has 0 unspecified atom stereocenters. The van der Waals surface area contributed by atoms with Gasteiger partial charge < -0.3 is 4.31 Å². The maximum absolute atomic E-state index is 14.5. The van der Waals surface area contributed by atoms with Gasteiger partial charge in [-0.25, -0.2) is 8.78 Å². The van der Waals surface area contributed by atoms with Crippen molar-refractivity contribution in [3.05, 3.63) is 82.4 Å². The summed E-state index contributed by atoms with van der Waals surface area (Å²) >= 11 is 6.97. The maximum atomic E-state index is 14.5. The zero-order chi connectivity index (χ0) is 21.5. The average molecular weight is 456 g/mol. The molecule has 1 aliphatic rings. The quantitative estimate of drug-likeness (QED) is 0.225. The van der Waals surface area contributed by atoms with E-state index in [1.54, 1.807) is 18.2 Å². The van der Waals surface area contributed by atoms with Gasteiger partial charge in [-0.2, -0.15) is 13.2 Å². The Labute approximate surface area is 179 Å². The Balaban J connectivity index is 1.70. The number of nitrogens with zero attached hydrogens (tertiary/aromatic N) is 1. The largest absolute Gasteiger partial charge is 0.416 e. The molecule has 30 heavy (non-hydrogen) atoms. The van der Waals surface area contributed by atoms with E-state index < -0.39 is 23.4 Å². The Morgan fingerprint density at radius 3 is 2.53 bits per heavy atom. The third kappa shape index (κ3) is 4.27. The smallest absolute Gasteiger partial charge is 0.312 e. The van der Waals surface area contributed by atoms with Gasteiger partial charge in [0.1, 0.15) is 11.6 Å². The van der Waals surface area contributed by atoms with Crippen LogP contribution in [0.25, 0.3) is 11.1 Å². The van der Waals surface area contributed by atoms with Gasteiger partial charge in [-0.15, -0.1) is 0 Å². The van der Waals surface area contributed by atoms with Crippen molar-refractivity contribution in [1.82, 2.24) is 0 Å². The van der Waals surface area contributed by atoms with Crippen molar-refractivity contribution in [2.45, 2.75) is 23.9 Å². The third-order valence-electron chi connectivity index (χ3n) is 4.84. The van der Waals surface area contributed by atoms with E-state index in [0.29, 0.717) is 17.0 Å². The predicted molar refractivity (Wildman–Crippen MR) is 110 cm³/mol. The van der Waals surface area contributed by atoms with Crippen LogP contribution in [0.3, 0.4) is 0 Å². The molecule has 3 aromatic rings. The molecule has 0 N–H and O–H groups in total. The molecule has 1 heterocycles. The normalized spacial score (nSPS) is 14.0. The van der Waals surface area contributed by atoms with Crippen LogP contribution in [0.1, 0.15) is 17.5 Å². The van der Waals surface area contributed by atoms with Crippen molar-refractivity contribution >= 4 is 29.2 Å². The molecule has 0 spiro atoms. The third-order valence-corrected chi connectivity index (χ3v) is 6.18. The SMILES string of the molecule is Fc1cc(Cl)c(F)c(-c2ccc3c(c2)N(Sc2cccc(C(F)(F)F)c2)CCC3)c1. The Morgan fingerprint density at radius 1 is 0.967 bits per heavy atom. The number of halogens is 6. The second-order valence-corrected chi connectivity index (χ2v) is 8.42. The Morgan fingerprint density at radius 2 is 1.77 bits per heavy atom. The van der Waals surface area contributed by atoms with Crippen LogP contribution in [-0.2, 0) is 12.6 Å². The van der Waals surface area contributed by atoms with Crippen molar-refractivity contribution in [2.24, 2.45) is 0 Å². The minimum Gasteiger partial charge on any atom is -0.312 e. The lowest BCUT2D eigenvalue weighted by Gasteiger charge is -2.30. The van der Waals surface area contributed by atoms with Gasteiger partial charge in [0.25, 0.3) is 0 Å². The first kappa shape index (κ1) is 21.0. The zero-order valence-electron chi connectivity index (χ0n) is 15.4. The summed E-state index contributed by atoms with van der Waals surface area (Å²) in [4.78, 5) is 0.447. The molecule has 1 nitrogen and oxygen atoms in total. The fourth-order valence-electron chi connectivity index (χ4n) is 3.43. The molecule has 0 fully saturated rings. The van der Waals surface area contributed by atoms with Gasteiger partial charge in [0.2, 0.25) is 0 Å². The van der Waals surface area contributed by atoms with Crippen molar-refractivity contribution in [2.75, 3.05) is 10.8 Å². The summed E-state index contributed by atoms with van der Waals surface area (Å²) in [6.07, 6.45) is -2.79. The van der Waals surface area contributed by atoms with E-state index in [4.69, 9.17) is 11.6 Å². The summed E-state index contributed by atoms with van der Waals surface area (Å²) in [7, 11) is 0. The number of benzene rings is 3. The highest BCUT2D eigenvalue weighted by Gasteiger charge is 2.31. The lowest BCUT2D eigenvalue weighted by Crippen LogP contribution is -2.22. The van der Waals surface area contributed by atoms with Crippen LogP contribution in [0, 0.1) is 11.6 Å². The first-order chi connectivity index (χ1) is 14.2. The highest BCUT2D eigenvalue weighted by molar-refractivity contribution is 8.00. The molecule has 4 rings (SSSR count). The van der Waals surface area contributed by atoms with Crippen LogP contribution in [0.2, 0.25) is 5.02 Å². The van der Waals surface area contributed by atoms with Crippen LogP contribution in [0.5, 0.6) is 0 Å². The molecule has 0 atom stereocenters. The van der Waals surface area contributed by atoms with Gasteiger partial charge in [-0.3, -0.25) is 0 Å². The molecule has 0 aromatic heterocycles. The lowest BCUT2D eigenvalue weighted by atomic mass is 9.97. The van der Waals surface area contributed by atoms with E-state index in [-0.39, 0.29) is 10.6 Å². The first-order valence-corrected chi connectivity index (χ1v) is 10.3. The minimum atomic E-state index is -4.42. The monoisotopic (exact) mass is 455 g/mol. The van der Waals surface area contributed by atoms with Crippen LogP contribution in [-0.4, -0.2) is 6.54 Å². The summed E-state index contributed by atoms with van der Waals surface area (Å²) in [5.74, 6) is -1.37. The number of hydrogen-bond acceptors (Lipinski definition) is 2. The molecule has 0 aliphatic carbocycles. The molecule has 1 aliphatic heterocycles. The number of fused-ring (bicyclic) bond motifs is 1. The molecular formula is C22H15ClF5NS. The topological polar surface area (TPSA) is 3.24 Å². The highest BCUT2D eigenvalue weighted by Crippen LogP contribution is 2.40. The van der Waals surface area contributed by atoms with Crippen LogP contribution >= 0.6 is 23.5 Å².